The van der Waals surface area contributed by atoms with Crippen molar-refractivity contribution in [3.63, 3.8) is 0 Å². The number of aliphatic carboxylic acids is 1. The summed E-state index contributed by atoms with van der Waals surface area (Å²) in [5.41, 5.74) is 0. The van der Waals surface area contributed by atoms with Gasteiger partial charge in [0, 0.05) is 27.2 Å². The lowest BCUT2D eigenvalue weighted by molar-refractivity contribution is -0.141. The van der Waals surface area contributed by atoms with Crippen LogP contribution in [0.15, 0.2) is 0 Å². The molecule has 0 radical (unpaired) electrons. The second-order valence-electron chi connectivity index (χ2n) is 4.87. The Kier molecular flexibility index (Phi) is 5.14. The minimum atomic E-state index is -0.974. The van der Waals surface area contributed by atoms with E-state index in [4.69, 9.17) is 5.11 Å². The first-order valence-electron chi connectivity index (χ1n) is 6.34. The third-order valence-corrected chi connectivity index (χ3v) is 3.35. The van der Waals surface area contributed by atoms with Gasteiger partial charge in [-0.2, -0.15) is 0 Å². The molecule has 1 heterocycles. The molecule has 7 nitrogen and oxygen atoms in total. The van der Waals surface area contributed by atoms with E-state index in [1.165, 1.54) is 9.80 Å². The number of carboxylic acid groups (broad SMARTS) is 1. The fourth-order valence-corrected chi connectivity index (χ4v) is 2.29. The van der Waals surface area contributed by atoms with Gasteiger partial charge in [-0.05, 0) is 12.8 Å². The van der Waals surface area contributed by atoms with Gasteiger partial charge in [0.25, 0.3) is 0 Å². The van der Waals surface area contributed by atoms with E-state index in [9.17, 15) is 14.4 Å². The summed E-state index contributed by atoms with van der Waals surface area (Å²) in [6.07, 6.45) is 1.18. The highest BCUT2D eigenvalue weighted by Crippen LogP contribution is 2.19. The lowest BCUT2D eigenvalue weighted by atomic mass is 10.1. The largest absolute Gasteiger partial charge is 0.480 e. The molecule has 1 aliphatic rings. The summed E-state index contributed by atoms with van der Waals surface area (Å²) >= 11 is 0. The van der Waals surface area contributed by atoms with Crippen LogP contribution in [-0.4, -0.2) is 66.0 Å². The summed E-state index contributed by atoms with van der Waals surface area (Å²) in [6.45, 7) is 2.44. The van der Waals surface area contributed by atoms with Crippen molar-refractivity contribution < 1.29 is 19.5 Å². The maximum atomic E-state index is 12.2. The molecule has 7 heteroatoms. The summed E-state index contributed by atoms with van der Waals surface area (Å²) in [5, 5.41) is 11.6. The monoisotopic (exact) mass is 271 g/mol. The Morgan fingerprint density at radius 3 is 2.63 bits per heavy atom. The Morgan fingerprint density at radius 2 is 2.11 bits per heavy atom. The third-order valence-electron chi connectivity index (χ3n) is 3.35. The van der Waals surface area contributed by atoms with Crippen molar-refractivity contribution in [2.45, 2.75) is 25.8 Å². The Labute approximate surface area is 112 Å². The maximum Gasteiger partial charge on any atom is 0.326 e. The van der Waals surface area contributed by atoms with Gasteiger partial charge in [-0.25, -0.2) is 9.59 Å². The number of nitrogens with zero attached hydrogens (tertiary/aromatic N) is 2. The van der Waals surface area contributed by atoms with Crippen LogP contribution in [-0.2, 0) is 9.59 Å². The topological polar surface area (TPSA) is 90.0 Å². The maximum absolute atomic E-state index is 12.2. The molecule has 1 saturated heterocycles. The summed E-state index contributed by atoms with van der Waals surface area (Å²) in [6, 6.07) is -1.08. The number of carbonyl (C=O) groups excluding carboxylic acids is 2. The zero-order chi connectivity index (χ0) is 14.6. The molecule has 108 valence electrons. The summed E-state index contributed by atoms with van der Waals surface area (Å²) in [5.74, 6) is -1.45. The molecule has 0 spiro atoms. The van der Waals surface area contributed by atoms with Gasteiger partial charge in [0.1, 0.15) is 6.04 Å². The SMILES string of the molecule is CNC(=O)C(C)CN(C)C(=O)N1CCC[C@H]1C(=O)O. The van der Waals surface area contributed by atoms with Crippen molar-refractivity contribution in [2.24, 2.45) is 5.92 Å². The van der Waals surface area contributed by atoms with E-state index in [-0.39, 0.29) is 24.4 Å². The van der Waals surface area contributed by atoms with Crippen molar-refractivity contribution in [2.75, 3.05) is 27.2 Å². The molecule has 0 aromatic carbocycles. The second-order valence-corrected chi connectivity index (χ2v) is 4.87. The van der Waals surface area contributed by atoms with E-state index < -0.39 is 12.0 Å². The highest BCUT2D eigenvalue weighted by molar-refractivity contribution is 5.84. The molecular formula is C12H21N3O4. The van der Waals surface area contributed by atoms with Crippen LogP contribution in [0.5, 0.6) is 0 Å². The molecule has 0 aliphatic carbocycles. The van der Waals surface area contributed by atoms with Crippen LogP contribution < -0.4 is 5.32 Å². The normalized spacial score (nSPS) is 19.9. The molecule has 0 bridgehead atoms. The van der Waals surface area contributed by atoms with Crippen molar-refractivity contribution in [1.82, 2.24) is 15.1 Å². The van der Waals surface area contributed by atoms with E-state index in [0.717, 1.165) is 0 Å². The van der Waals surface area contributed by atoms with Crippen molar-refractivity contribution >= 4 is 17.9 Å². The van der Waals surface area contributed by atoms with Crippen LogP contribution in [0.3, 0.4) is 0 Å². The summed E-state index contributed by atoms with van der Waals surface area (Å²) in [4.78, 5) is 37.4. The van der Waals surface area contributed by atoms with Crippen molar-refractivity contribution in [3.05, 3.63) is 0 Å². The lowest BCUT2D eigenvalue weighted by Gasteiger charge is -2.28. The van der Waals surface area contributed by atoms with E-state index >= 15 is 0 Å². The fourth-order valence-electron chi connectivity index (χ4n) is 2.29. The number of urea groups is 1. The van der Waals surface area contributed by atoms with E-state index in [0.29, 0.717) is 19.4 Å². The van der Waals surface area contributed by atoms with Crippen LogP contribution in [0.2, 0.25) is 0 Å². The Hall–Kier alpha value is -1.79. The van der Waals surface area contributed by atoms with Gasteiger partial charge in [0.15, 0.2) is 0 Å². The number of carboxylic acids is 1. The smallest absolute Gasteiger partial charge is 0.326 e. The van der Waals surface area contributed by atoms with Crippen molar-refractivity contribution in [3.8, 4) is 0 Å². The van der Waals surface area contributed by atoms with E-state index in [1.807, 2.05) is 0 Å². The average Bonchev–Trinajstić information content (AvgIpc) is 2.85. The van der Waals surface area contributed by atoms with Gasteiger partial charge in [-0.15, -0.1) is 0 Å². The van der Waals surface area contributed by atoms with Gasteiger partial charge in [-0.3, -0.25) is 4.79 Å². The van der Waals surface area contributed by atoms with Gasteiger partial charge in [0.05, 0.1) is 5.92 Å². The van der Waals surface area contributed by atoms with Gasteiger partial charge in [-0.1, -0.05) is 6.92 Å². The Balaban J connectivity index is 2.61. The first-order valence-corrected chi connectivity index (χ1v) is 6.34. The first-order chi connectivity index (χ1) is 8.88. The molecule has 0 saturated carbocycles. The third kappa shape index (κ3) is 3.59. The zero-order valence-corrected chi connectivity index (χ0v) is 11.5. The summed E-state index contributed by atoms with van der Waals surface area (Å²) in [7, 11) is 3.13. The van der Waals surface area contributed by atoms with E-state index in [1.54, 1.807) is 21.0 Å². The molecule has 0 aromatic heterocycles. The molecular weight excluding hydrogens is 250 g/mol. The number of likely N-dealkylation sites (tertiary alicyclic amines) is 1. The van der Waals surface area contributed by atoms with Gasteiger partial charge in [0.2, 0.25) is 5.91 Å². The molecule has 1 unspecified atom stereocenters. The van der Waals surface area contributed by atoms with Gasteiger partial charge < -0.3 is 20.2 Å². The number of hydrogen-bond acceptors (Lipinski definition) is 3. The highest BCUT2D eigenvalue weighted by Gasteiger charge is 2.35. The quantitative estimate of drug-likeness (QED) is 0.751. The standard InChI is InChI=1S/C12H21N3O4/c1-8(10(16)13-2)7-14(3)12(19)15-6-4-5-9(15)11(17)18/h8-9H,4-7H2,1-3H3,(H,13,16)(H,17,18)/t8?,9-/m0/s1. The molecule has 1 aliphatic heterocycles. The number of nitrogens with one attached hydrogen (secondary N) is 1. The van der Waals surface area contributed by atoms with Crippen LogP contribution in [0.1, 0.15) is 19.8 Å². The van der Waals surface area contributed by atoms with Crippen LogP contribution in [0, 0.1) is 5.92 Å². The average molecular weight is 271 g/mol. The van der Waals surface area contributed by atoms with Gasteiger partial charge >= 0.3 is 12.0 Å². The molecule has 3 amide bonds. The zero-order valence-electron chi connectivity index (χ0n) is 11.5. The Morgan fingerprint density at radius 1 is 1.47 bits per heavy atom. The fraction of sp³-hybridized carbons (Fsp3) is 0.750. The Bertz CT molecular complexity index is 372. The van der Waals surface area contributed by atoms with E-state index in [2.05, 4.69) is 5.32 Å². The number of carbonyl (C=O) groups is 3. The predicted octanol–water partition coefficient (Wildman–Crippen LogP) is -0.0307. The van der Waals surface area contributed by atoms with Crippen LogP contribution >= 0.6 is 0 Å². The number of hydrogen-bond donors (Lipinski definition) is 2. The molecule has 2 atom stereocenters. The second kappa shape index (κ2) is 6.40. The molecule has 19 heavy (non-hydrogen) atoms. The van der Waals surface area contributed by atoms with Crippen molar-refractivity contribution in [1.29, 1.82) is 0 Å². The summed E-state index contributed by atoms with van der Waals surface area (Å²) < 4.78 is 0. The number of amides is 3. The highest BCUT2D eigenvalue weighted by atomic mass is 16.4. The molecule has 0 aromatic rings. The molecule has 1 fully saturated rings. The van der Waals surface area contributed by atoms with Crippen LogP contribution in [0.25, 0.3) is 0 Å². The predicted molar refractivity (Wildman–Crippen MR) is 68.6 cm³/mol. The lowest BCUT2D eigenvalue weighted by Crippen LogP contribution is -2.48. The number of rotatable bonds is 4. The van der Waals surface area contributed by atoms with Crippen LogP contribution in [0.4, 0.5) is 4.79 Å². The first kappa shape index (κ1) is 15.3. The minimum absolute atomic E-state index is 0.143. The molecule has 2 N–H and O–H groups in total. The molecule has 1 rings (SSSR count). The minimum Gasteiger partial charge on any atom is -0.480 e.